The highest BCUT2D eigenvalue weighted by molar-refractivity contribution is 5.97. The molecule has 0 aromatic heterocycles. The molecule has 0 aliphatic carbocycles. The van der Waals surface area contributed by atoms with Crippen LogP contribution in [-0.2, 0) is 10.9 Å². The highest BCUT2D eigenvalue weighted by atomic mass is 19.4. The zero-order chi connectivity index (χ0) is 24.0. The first-order valence-electron chi connectivity index (χ1n) is 10.4. The van der Waals surface area contributed by atoms with Crippen LogP contribution in [0.15, 0.2) is 42.5 Å². The molecule has 1 aliphatic heterocycles. The van der Waals surface area contributed by atoms with Crippen molar-refractivity contribution < 1.29 is 32.4 Å². The molecule has 0 spiro atoms. The van der Waals surface area contributed by atoms with Crippen LogP contribution >= 0.6 is 0 Å². The highest BCUT2D eigenvalue weighted by Gasteiger charge is 2.34. The Bertz CT molecular complexity index is 991. The lowest BCUT2D eigenvalue weighted by Gasteiger charge is -2.36. The zero-order valence-electron chi connectivity index (χ0n) is 18.0. The van der Waals surface area contributed by atoms with E-state index in [1.54, 1.807) is 34.1 Å². The van der Waals surface area contributed by atoms with E-state index in [1.807, 2.05) is 6.92 Å². The summed E-state index contributed by atoms with van der Waals surface area (Å²) in [5.74, 6) is 0.187. The summed E-state index contributed by atoms with van der Waals surface area (Å²) >= 11 is 0. The number of rotatable bonds is 8. The molecule has 33 heavy (non-hydrogen) atoms. The molecule has 1 saturated heterocycles. The van der Waals surface area contributed by atoms with Gasteiger partial charge in [-0.1, -0.05) is 12.1 Å². The highest BCUT2D eigenvalue weighted by Crippen LogP contribution is 2.37. The van der Waals surface area contributed by atoms with Crippen LogP contribution in [0.4, 0.5) is 24.5 Å². The molecule has 1 heterocycles. The molecule has 2 aromatic carbocycles. The predicted molar refractivity (Wildman–Crippen MR) is 115 cm³/mol. The third-order valence-electron chi connectivity index (χ3n) is 5.21. The number of carbonyl (C=O) groups excluding carboxylic acids is 1. The van der Waals surface area contributed by atoms with Crippen molar-refractivity contribution in [2.45, 2.75) is 13.1 Å². The molecule has 8 nitrogen and oxygen atoms in total. The summed E-state index contributed by atoms with van der Waals surface area (Å²) in [5.41, 5.74) is -1.20. The second-order valence-corrected chi connectivity index (χ2v) is 7.28. The molecule has 1 fully saturated rings. The molecule has 3 rings (SSSR count). The first kappa shape index (κ1) is 24.3. The predicted octanol–water partition coefficient (Wildman–Crippen LogP) is 3.99. The van der Waals surface area contributed by atoms with Crippen LogP contribution in [0.25, 0.3) is 0 Å². The molecule has 0 atom stereocenters. The Labute approximate surface area is 188 Å². The largest absolute Gasteiger partial charge is 0.490 e. The van der Waals surface area contributed by atoms with E-state index < -0.39 is 22.4 Å². The van der Waals surface area contributed by atoms with Gasteiger partial charge in [-0.15, -0.1) is 0 Å². The van der Waals surface area contributed by atoms with Crippen LogP contribution in [0.1, 0.15) is 22.8 Å². The summed E-state index contributed by atoms with van der Waals surface area (Å²) in [7, 11) is 0. The van der Waals surface area contributed by atoms with Gasteiger partial charge in [-0.2, -0.15) is 13.2 Å². The van der Waals surface area contributed by atoms with Gasteiger partial charge in [-0.3, -0.25) is 14.9 Å². The minimum Gasteiger partial charge on any atom is -0.490 e. The number of nitro benzene ring substituents is 1. The number of piperazine rings is 1. The molecular formula is C22H24F3N3O5. The van der Waals surface area contributed by atoms with Gasteiger partial charge in [0.25, 0.3) is 11.6 Å². The van der Waals surface area contributed by atoms with Crippen LogP contribution in [0.5, 0.6) is 5.75 Å². The molecule has 0 unspecified atom stereocenters. The van der Waals surface area contributed by atoms with E-state index in [2.05, 4.69) is 0 Å². The molecule has 2 aromatic rings. The van der Waals surface area contributed by atoms with Crippen LogP contribution in [0, 0.1) is 10.1 Å². The van der Waals surface area contributed by atoms with E-state index in [4.69, 9.17) is 9.47 Å². The van der Waals surface area contributed by atoms with Gasteiger partial charge in [-0.25, -0.2) is 0 Å². The first-order valence-corrected chi connectivity index (χ1v) is 10.4. The standard InChI is InChI=1S/C22H24F3N3O5/c1-2-32-13-14-33-20-6-4-3-5-17(20)21(29)27-11-9-26(10-12-27)18-8-7-16(22(23,24)25)15-19(18)28(30)31/h3-8,15H,2,9-14H2,1H3. The van der Waals surface area contributed by atoms with Gasteiger partial charge in [0, 0.05) is 38.9 Å². The molecule has 0 bridgehead atoms. The number of ether oxygens (including phenoxy) is 2. The van der Waals surface area contributed by atoms with E-state index in [0.29, 0.717) is 37.2 Å². The van der Waals surface area contributed by atoms with Gasteiger partial charge >= 0.3 is 6.18 Å². The summed E-state index contributed by atoms with van der Waals surface area (Å²) in [6.07, 6.45) is -4.67. The lowest BCUT2D eigenvalue weighted by atomic mass is 10.1. The molecular weight excluding hydrogens is 443 g/mol. The second kappa shape index (κ2) is 10.5. The summed E-state index contributed by atoms with van der Waals surface area (Å²) in [6, 6.07) is 9.32. The average molecular weight is 467 g/mol. The Balaban J connectivity index is 1.69. The van der Waals surface area contributed by atoms with Crippen LogP contribution in [0.2, 0.25) is 0 Å². The smallest absolute Gasteiger partial charge is 0.416 e. The fraction of sp³-hybridized carbons (Fsp3) is 0.409. The Kier molecular flexibility index (Phi) is 7.75. The maximum atomic E-state index is 13.0. The number of para-hydroxylation sites is 1. The third-order valence-corrected chi connectivity index (χ3v) is 5.21. The number of hydrogen-bond acceptors (Lipinski definition) is 6. The van der Waals surface area contributed by atoms with E-state index in [9.17, 15) is 28.1 Å². The molecule has 0 radical (unpaired) electrons. The second-order valence-electron chi connectivity index (χ2n) is 7.28. The quantitative estimate of drug-likeness (QED) is 0.332. The Morgan fingerprint density at radius 1 is 1.09 bits per heavy atom. The van der Waals surface area contributed by atoms with E-state index in [-0.39, 0.29) is 37.8 Å². The number of halogens is 3. The van der Waals surface area contributed by atoms with Crippen molar-refractivity contribution in [2.75, 3.05) is 50.9 Å². The van der Waals surface area contributed by atoms with E-state index in [0.717, 1.165) is 12.1 Å². The normalized spacial score (nSPS) is 14.3. The van der Waals surface area contributed by atoms with Crippen molar-refractivity contribution in [3.05, 3.63) is 63.7 Å². The van der Waals surface area contributed by atoms with Gasteiger partial charge < -0.3 is 19.3 Å². The molecule has 1 aliphatic rings. The van der Waals surface area contributed by atoms with Gasteiger partial charge in [-0.05, 0) is 31.2 Å². The van der Waals surface area contributed by atoms with Gasteiger partial charge in [0.05, 0.1) is 22.7 Å². The fourth-order valence-electron chi connectivity index (χ4n) is 3.56. The van der Waals surface area contributed by atoms with Gasteiger partial charge in [0.1, 0.15) is 18.0 Å². The Morgan fingerprint density at radius 3 is 2.42 bits per heavy atom. The average Bonchev–Trinajstić information content (AvgIpc) is 2.81. The summed E-state index contributed by atoms with van der Waals surface area (Å²) in [5, 5.41) is 11.4. The Hall–Kier alpha value is -3.34. The maximum Gasteiger partial charge on any atom is 0.416 e. The lowest BCUT2D eigenvalue weighted by molar-refractivity contribution is -0.384. The summed E-state index contributed by atoms with van der Waals surface area (Å²) in [6.45, 7) is 4.11. The van der Waals surface area contributed by atoms with E-state index in [1.165, 1.54) is 0 Å². The van der Waals surface area contributed by atoms with Crippen LogP contribution in [-0.4, -0.2) is 61.7 Å². The molecule has 178 valence electrons. The first-order chi connectivity index (χ1) is 15.7. The summed E-state index contributed by atoms with van der Waals surface area (Å²) < 4.78 is 49.8. The van der Waals surface area contributed by atoms with Crippen molar-refractivity contribution in [2.24, 2.45) is 0 Å². The SMILES string of the molecule is CCOCCOc1ccccc1C(=O)N1CCN(c2ccc(C(F)(F)F)cc2[N+](=O)[O-])CC1. The number of hydrogen-bond donors (Lipinski definition) is 0. The summed E-state index contributed by atoms with van der Waals surface area (Å²) in [4.78, 5) is 26.8. The van der Waals surface area contributed by atoms with Crippen molar-refractivity contribution >= 4 is 17.3 Å². The van der Waals surface area contributed by atoms with Crippen LogP contribution < -0.4 is 9.64 Å². The van der Waals surface area contributed by atoms with Crippen LogP contribution in [0.3, 0.4) is 0 Å². The maximum absolute atomic E-state index is 13.0. The van der Waals surface area contributed by atoms with Gasteiger partial charge in [0.15, 0.2) is 0 Å². The fourth-order valence-corrected chi connectivity index (χ4v) is 3.56. The minimum atomic E-state index is -4.67. The van der Waals surface area contributed by atoms with Crippen molar-refractivity contribution in [3.63, 3.8) is 0 Å². The third kappa shape index (κ3) is 5.92. The van der Waals surface area contributed by atoms with Crippen molar-refractivity contribution in [1.82, 2.24) is 4.90 Å². The lowest BCUT2D eigenvalue weighted by Crippen LogP contribution is -2.49. The zero-order valence-corrected chi connectivity index (χ0v) is 18.0. The number of nitrogens with zero attached hydrogens (tertiary/aromatic N) is 3. The number of carbonyl (C=O) groups is 1. The molecule has 1 amide bonds. The number of anilines is 1. The topological polar surface area (TPSA) is 85.2 Å². The number of alkyl halides is 3. The van der Waals surface area contributed by atoms with E-state index >= 15 is 0 Å². The molecule has 0 saturated carbocycles. The van der Waals surface area contributed by atoms with Crippen molar-refractivity contribution in [3.8, 4) is 5.75 Å². The Morgan fingerprint density at radius 2 is 1.79 bits per heavy atom. The number of amides is 1. The van der Waals surface area contributed by atoms with Gasteiger partial charge in [0.2, 0.25) is 0 Å². The monoisotopic (exact) mass is 467 g/mol. The number of benzene rings is 2. The van der Waals surface area contributed by atoms with Crippen molar-refractivity contribution in [1.29, 1.82) is 0 Å². The molecule has 11 heteroatoms. The molecule has 0 N–H and O–H groups in total. The minimum absolute atomic E-state index is 0.0970. The number of nitro groups is 1.